The average molecular weight is 423 g/mol. The third-order valence-electron chi connectivity index (χ3n) is 5.61. The van der Waals surface area contributed by atoms with E-state index in [1.54, 1.807) is 35.0 Å². The fourth-order valence-electron chi connectivity index (χ4n) is 4.18. The quantitative estimate of drug-likeness (QED) is 0.642. The van der Waals surface area contributed by atoms with Gasteiger partial charge in [-0.3, -0.25) is 9.88 Å². The highest BCUT2D eigenvalue weighted by molar-refractivity contribution is 7.89. The molecule has 8 heteroatoms. The van der Waals surface area contributed by atoms with Crippen LogP contribution in [0.1, 0.15) is 11.1 Å². The Hall–Kier alpha value is -2.81. The number of sulfonamides is 1. The molecular formula is C22H22N4O3S. The van der Waals surface area contributed by atoms with E-state index >= 15 is 0 Å². The van der Waals surface area contributed by atoms with Gasteiger partial charge < -0.3 is 4.74 Å². The summed E-state index contributed by atoms with van der Waals surface area (Å²) >= 11 is 0. The second kappa shape index (κ2) is 7.79. The monoisotopic (exact) mass is 422 g/mol. The summed E-state index contributed by atoms with van der Waals surface area (Å²) in [6.07, 6.45) is 4.82. The summed E-state index contributed by atoms with van der Waals surface area (Å²) in [5.41, 5.74) is 2.08. The second-order valence-electron chi connectivity index (χ2n) is 7.62. The molecule has 1 aromatic carbocycles. The van der Waals surface area contributed by atoms with Gasteiger partial charge in [-0.1, -0.05) is 30.3 Å². The van der Waals surface area contributed by atoms with Crippen molar-refractivity contribution in [1.82, 2.24) is 19.2 Å². The number of likely N-dealkylation sites (tertiary alicyclic amines) is 1. The lowest BCUT2D eigenvalue weighted by Crippen LogP contribution is -2.46. The molecule has 0 spiro atoms. The topological polar surface area (TPSA) is 75.6 Å². The van der Waals surface area contributed by atoms with Crippen molar-refractivity contribution in [3.8, 4) is 5.88 Å². The number of hydrogen-bond acceptors (Lipinski definition) is 6. The molecule has 2 aliphatic heterocycles. The van der Waals surface area contributed by atoms with Gasteiger partial charge >= 0.3 is 0 Å². The Bertz CT molecular complexity index is 1130. The van der Waals surface area contributed by atoms with E-state index in [1.165, 1.54) is 0 Å². The Kier molecular flexibility index (Phi) is 4.98. The lowest BCUT2D eigenvalue weighted by atomic mass is 10.1. The number of rotatable bonds is 4. The molecular weight excluding hydrogens is 400 g/mol. The minimum absolute atomic E-state index is 0.135. The molecule has 4 heterocycles. The summed E-state index contributed by atoms with van der Waals surface area (Å²) in [7, 11) is -3.76. The molecule has 0 saturated carbocycles. The zero-order valence-corrected chi connectivity index (χ0v) is 17.1. The van der Waals surface area contributed by atoms with Crippen molar-refractivity contribution in [2.24, 2.45) is 0 Å². The highest BCUT2D eigenvalue weighted by Crippen LogP contribution is 2.36. The Morgan fingerprint density at radius 1 is 0.900 bits per heavy atom. The van der Waals surface area contributed by atoms with Gasteiger partial charge in [-0.25, -0.2) is 13.4 Å². The standard InChI is InChI=1S/C22H22N4O3S/c27-30(28)21-7-4-10-24-22(21)29-20-16-25(13-18-8-11-23-12-9-18)15-19(20)26(30)14-17-5-2-1-3-6-17/h1-12,19-20H,13-16H2. The molecule has 0 radical (unpaired) electrons. The minimum atomic E-state index is -3.76. The zero-order valence-electron chi connectivity index (χ0n) is 16.3. The van der Waals surface area contributed by atoms with Crippen molar-refractivity contribution in [2.75, 3.05) is 13.1 Å². The van der Waals surface area contributed by atoms with E-state index in [2.05, 4.69) is 14.9 Å². The van der Waals surface area contributed by atoms with Crippen molar-refractivity contribution >= 4 is 10.0 Å². The van der Waals surface area contributed by atoms with Gasteiger partial charge in [0, 0.05) is 44.8 Å². The molecule has 30 heavy (non-hydrogen) atoms. The molecule has 2 atom stereocenters. The molecule has 2 aromatic heterocycles. The smallest absolute Gasteiger partial charge is 0.249 e. The summed E-state index contributed by atoms with van der Waals surface area (Å²) in [6.45, 7) is 2.23. The van der Waals surface area contributed by atoms with E-state index in [4.69, 9.17) is 4.74 Å². The Balaban J connectivity index is 1.51. The molecule has 3 aromatic rings. The van der Waals surface area contributed by atoms with Gasteiger partial charge in [0.25, 0.3) is 0 Å². The van der Waals surface area contributed by atoms with E-state index in [1.807, 2.05) is 42.5 Å². The SMILES string of the molecule is O=S1(=O)c2cccnc2OC2CN(Cc3ccncc3)CC2N1Cc1ccccc1. The van der Waals surface area contributed by atoms with Crippen LogP contribution < -0.4 is 4.74 Å². The van der Waals surface area contributed by atoms with Crippen LogP contribution in [-0.2, 0) is 23.1 Å². The lowest BCUT2D eigenvalue weighted by Gasteiger charge is -2.28. The number of pyridine rings is 2. The van der Waals surface area contributed by atoms with Gasteiger partial charge in [-0.2, -0.15) is 4.31 Å². The third kappa shape index (κ3) is 3.58. The molecule has 2 unspecified atom stereocenters. The van der Waals surface area contributed by atoms with E-state index in [0.29, 0.717) is 26.2 Å². The van der Waals surface area contributed by atoms with Crippen LogP contribution >= 0.6 is 0 Å². The maximum atomic E-state index is 13.6. The number of benzene rings is 1. The predicted molar refractivity (Wildman–Crippen MR) is 111 cm³/mol. The Morgan fingerprint density at radius 3 is 2.47 bits per heavy atom. The van der Waals surface area contributed by atoms with Crippen molar-refractivity contribution < 1.29 is 13.2 Å². The first kappa shape index (κ1) is 19.2. The second-order valence-corrected chi connectivity index (χ2v) is 9.47. The molecule has 2 aliphatic rings. The molecule has 0 bridgehead atoms. The Morgan fingerprint density at radius 2 is 1.67 bits per heavy atom. The summed E-state index contributed by atoms with van der Waals surface area (Å²) in [6, 6.07) is 16.5. The number of ether oxygens (including phenoxy) is 1. The van der Waals surface area contributed by atoms with Crippen LogP contribution in [0.2, 0.25) is 0 Å². The summed E-state index contributed by atoms with van der Waals surface area (Å²) in [4.78, 5) is 10.7. The van der Waals surface area contributed by atoms with Gasteiger partial charge in [-0.05, 0) is 35.4 Å². The molecule has 1 saturated heterocycles. The summed E-state index contributed by atoms with van der Waals surface area (Å²) in [5.74, 6) is 0.189. The van der Waals surface area contributed by atoms with Gasteiger partial charge in [0.15, 0.2) is 0 Å². The van der Waals surface area contributed by atoms with Crippen molar-refractivity contribution in [3.63, 3.8) is 0 Å². The fraction of sp³-hybridized carbons (Fsp3) is 0.273. The van der Waals surface area contributed by atoms with Crippen LogP contribution in [0.5, 0.6) is 5.88 Å². The third-order valence-corrected chi connectivity index (χ3v) is 7.49. The number of aromatic nitrogens is 2. The van der Waals surface area contributed by atoms with E-state index in [0.717, 1.165) is 11.1 Å². The van der Waals surface area contributed by atoms with Crippen LogP contribution in [0.15, 0.2) is 78.1 Å². The molecule has 7 nitrogen and oxygen atoms in total. The highest BCUT2D eigenvalue weighted by atomic mass is 32.2. The van der Waals surface area contributed by atoms with E-state index in [-0.39, 0.29) is 22.9 Å². The van der Waals surface area contributed by atoms with Gasteiger partial charge in [-0.15, -0.1) is 0 Å². The van der Waals surface area contributed by atoms with E-state index in [9.17, 15) is 8.42 Å². The minimum Gasteiger partial charge on any atom is -0.470 e. The molecule has 0 N–H and O–H groups in total. The maximum absolute atomic E-state index is 13.6. The molecule has 154 valence electrons. The highest BCUT2D eigenvalue weighted by Gasteiger charge is 2.47. The zero-order chi connectivity index (χ0) is 20.6. The van der Waals surface area contributed by atoms with Crippen LogP contribution in [0, 0.1) is 0 Å². The Labute approximate surface area is 176 Å². The molecule has 5 rings (SSSR count). The van der Waals surface area contributed by atoms with Crippen LogP contribution in [-0.4, -0.2) is 52.8 Å². The van der Waals surface area contributed by atoms with Gasteiger partial charge in [0.2, 0.25) is 15.9 Å². The normalized spacial score (nSPS) is 23.2. The number of fused-ring (bicyclic) bond motifs is 2. The molecule has 1 fully saturated rings. The average Bonchev–Trinajstić information content (AvgIpc) is 3.11. The van der Waals surface area contributed by atoms with Gasteiger partial charge in [0.05, 0.1) is 6.04 Å². The summed E-state index contributed by atoms with van der Waals surface area (Å²) in [5, 5.41) is 0. The number of nitrogens with zero attached hydrogens (tertiary/aromatic N) is 4. The lowest BCUT2D eigenvalue weighted by molar-refractivity contribution is 0.144. The molecule has 0 amide bonds. The fourth-order valence-corrected chi connectivity index (χ4v) is 5.88. The van der Waals surface area contributed by atoms with Gasteiger partial charge in [0.1, 0.15) is 11.0 Å². The molecule has 0 aliphatic carbocycles. The first-order valence-electron chi connectivity index (χ1n) is 9.90. The first-order chi connectivity index (χ1) is 14.6. The van der Waals surface area contributed by atoms with Crippen molar-refractivity contribution in [1.29, 1.82) is 0 Å². The predicted octanol–water partition coefficient (Wildman–Crippen LogP) is 2.31. The number of hydrogen-bond donors (Lipinski definition) is 0. The van der Waals surface area contributed by atoms with Crippen LogP contribution in [0.4, 0.5) is 0 Å². The van der Waals surface area contributed by atoms with Crippen molar-refractivity contribution in [3.05, 3.63) is 84.3 Å². The maximum Gasteiger partial charge on any atom is 0.249 e. The van der Waals surface area contributed by atoms with Crippen LogP contribution in [0.25, 0.3) is 0 Å². The van der Waals surface area contributed by atoms with E-state index < -0.39 is 10.0 Å². The van der Waals surface area contributed by atoms with Crippen molar-refractivity contribution in [2.45, 2.75) is 30.1 Å². The van der Waals surface area contributed by atoms with Crippen LogP contribution in [0.3, 0.4) is 0 Å². The largest absolute Gasteiger partial charge is 0.470 e. The summed E-state index contributed by atoms with van der Waals surface area (Å²) < 4.78 is 35.0. The first-order valence-corrected chi connectivity index (χ1v) is 11.3.